The van der Waals surface area contributed by atoms with E-state index in [1.54, 1.807) is 13.1 Å². The van der Waals surface area contributed by atoms with E-state index in [0.29, 0.717) is 18.7 Å². The third-order valence-electron chi connectivity index (χ3n) is 6.53. The summed E-state index contributed by atoms with van der Waals surface area (Å²) in [5.41, 5.74) is 5.67. The Morgan fingerprint density at radius 3 is 2.20 bits per heavy atom. The first-order valence-corrected chi connectivity index (χ1v) is 11.9. The van der Waals surface area contributed by atoms with Gasteiger partial charge in [-0.05, 0) is 60.0 Å². The molecule has 0 atom stereocenters. The molecule has 176 valence electrons. The van der Waals surface area contributed by atoms with Gasteiger partial charge in [0, 0.05) is 55.4 Å². The van der Waals surface area contributed by atoms with E-state index in [-0.39, 0.29) is 11.7 Å². The first-order chi connectivity index (χ1) is 17.1. The van der Waals surface area contributed by atoms with Gasteiger partial charge < -0.3 is 9.80 Å². The summed E-state index contributed by atoms with van der Waals surface area (Å²) in [5, 5.41) is 4.27. The molecule has 0 radical (unpaired) electrons. The largest absolute Gasteiger partial charge is 0.368 e. The Morgan fingerprint density at radius 2 is 1.54 bits per heavy atom. The molecule has 5 rings (SSSR count). The average molecular weight is 465 g/mol. The van der Waals surface area contributed by atoms with E-state index in [1.165, 1.54) is 0 Å². The molecule has 35 heavy (non-hydrogen) atoms. The van der Waals surface area contributed by atoms with E-state index in [9.17, 15) is 9.59 Å². The number of amides is 1. The van der Waals surface area contributed by atoms with Gasteiger partial charge in [0.05, 0.1) is 6.54 Å². The van der Waals surface area contributed by atoms with Gasteiger partial charge >= 0.3 is 0 Å². The predicted molar refractivity (Wildman–Crippen MR) is 138 cm³/mol. The molecule has 2 heterocycles. The Hall–Kier alpha value is -4.19. The van der Waals surface area contributed by atoms with Gasteiger partial charge in [-0.1, -0.05) is 42.5 Å². The van der Waals surface area contributed by atoms with E-state index < -0.39 is 0 Å². The molecule has 1 aliphatic rings. The number of carbonyl (C=O) groups is 2. The minimum atomic E-state index is 0.0628. The summed E-state index contributed by atoms with van der Waals surface area (Å²) in [5.74, 6) is 0.131. The Bertz CT molecular complexity index is 1300. The van der Waals surface area contributed by atoms with Gasteiger partial charge in [0.15, 0.2) is 5.78 Å². The van der Waals surface area contributed by atoms with Crippen molar-refractivity contribution in [3.05, 3.63) is 108 Å². The number of benzene rings is 3. The standard InChI is InChI=1S/C29H28N4O2/c1-22(34)24-11-13-26(14-12-24)31-17-19-32(20-18-31)29(35)28-6-3-2-5-27(28)25-9-7-23(8-10-25)21-33-16-4-15-30-33/h2-16H,17-21H2,1H3. The van der Waals surface area contributed by atoms with Crippen molar-refractivity contribution < 1.29 is 9.59 Å². The van der Waals surface area contributed by atoms with Gasteiger partial charge in [0.2, 0.25) is 0 Å². The lowest BCUT2D eigenvalue weighted by molar-refractivity contribution is 0.0747. The number of rotatable bonds is 6. The number of carbonyl (C=O) groups excluding carboxylic acids is 2. The lowest BCUT2D eigenvalue weighted by atomic mass is 9.97. The second-order valence-electron chi connectivity index (χ2n) is 8.83. The number of ketones is 1. The van der Waals surface area contributed by atoms with Crippen molar-refractivity contribution in [1.82, 2.24) is 14.7 Å². The van der Waals surface area contributed by atoms with Crippen molar-refractivity contribution in [2.45, 2.75) is 13.5 Å². The quantitative estimate of drug-likeness (QED) is 0.386. The van der Waals surface area contributed by atoms with Crippen LogP contribution in [0.5, 0.6) is 0 Å². The van der Waals surface area contributed by atoms with Crippen LogP contribution in [0.4, 0.5) is 5.69 Å². The zero-order chi connectivity index (χ0) is 24.2. The maximum atomic E-state index is 13.5. The number of Topliss-reactive ketones (excluding diaryl/α,β-unsaturated/α-hetero) is 1. The summed E-state index contributed by atoms with van der Waals surface area (Å²) in [6, 6.07) is 25.8. The van der Waals surface area contributed by atoms with Crippen LogP contribution in [0.3, 0.4) is 0 Å². The van der Waals surface area contributed by atoms with Crippen molar-refractivity contribution in [1.29, 1.82) is 0 Å². The molecule has 6 heteroatoms. The van der Waals surface area contributed by atoms with Crippen LogP contribution in [0.15, 0.2) is 91.3 Å². The van der Waals surface area contributed by atoms with E-state index >= 15 is 0 Å². The summed E-state index contributed by atoms with van der Waals surface area (Å²) in [4.78, 5) is 29.2. The zero-order valence-electron chi connectivity index (χ0n) is 19.8. The molecule has 1 aromatic heterocycles. The molecule has 0 unspecified atom stereocenters. The molecular weight excluding hydrogens is 436 g/mol. The van der Waals surface area contributed by atoms with Crippen molar-refractivity contribution >= 4 is 17.4 Å². The summed E-state index contributed by atoms with van der Waals surface area (Å²) in [6.45, 7) is 5.13. The van der Waals surface area contributed by atoms with Crippen molar-refractivity contribution in [2.24, 2.45) is 0 Å². The van der Waals surface area contributed by atoms with E-state index in [2.05, 4.69) is 34.3 Å². The normalized spacial score (nSPS) is 13.6. The fourth-order valence-corrected chi connectivity index (χ4v) is 4.54. The van der Waals surface area contributed by atoms with Gasteiger partial charge in [0.1, 0.15) is 0 Å². The fraction of sp³-hybridized carbons (Fsp3) is 0.207. The Balaban J connectivity index is 1.27. The van der Waals surface area contributed by atoms with Crippen LogP contribution in [0.2, 0.25) is 0 Å². The van der Waals surface area contributed by atoms with Gasteiger partial charge in [-0.2, -0.15) is 5.10 Å². The Morgan fingerprint density at radius 1 is 0.829 bits per heavy atom. The first kappa shape index (κ1) is 22.6. The first-order valence-electron chi connectivity index (χ1n) is 11.9. The fourth-order valence-electron chi connectivity index (χ4n) is 4.54. The third-order valence-corrected chi connectivity index (χ3v) is 6.53. The van der Waals surface area contributed by atoms with Gasteiger partial charge in [-0.15, -0.1) is 0 Å². The van der Waals surface area contributed by atoms with Gasteiger partial charge in [-0.3, -0.25) is 14.3 Å². The highest BCUT2D eigenvalue weighted by molar-refractivity contribution is 6.01. The molecule has 6 nitrogen and oxygen atoms in total. The minimum Gasteiger partial charge on any atom is -0.368 e. The highest BCUT2D eigenvalue weighted by Gasteiger charge is 2.24. The molecule has 4 aromatic rings. The van der Waals surface area contributed by atoms with E-state index in [1.807, 2.05) is 70.4 Å². The molecule has 1 saturated heterocycles. The topological polar surface area (TPSA) is 58.4 Å². The van der Waals surface area contributed by atoms with Crippen molar-refractivity contribution in [3.63, 3.8) is 0 Å². The van der Waals surface area contributed by atoms with E-state index in [4.69, 9.17) is 0 Å². The molecule has 1 aliphatic heterocycles. The summed E-state index contributed by atoms with van der Waals surface area (Å²) < 4.78 is 1.89. The van der Waals surface area contributed by atoms with E-state index in [0.717, 1.165) is 47.6 Å². The second-order valence-corrected chi connectivity index (χ2v) is 8.83. The SMILES string of the molecule is CC(=O)c1ccc(N2CCN(C(=O)c3ccccc3-c3ccc(Cn4cccn4)cc3)CC2)cc1. The van der Waals surface area contributed by atoms with Crippen LogP contribution in [0.25, 0.3) is 11.1 Å². The number of anilines is 1. The summed E-state index contributed by atoms with van der Waals surface area (Å²) in [7, 11) is 0. The monoisotopic (exact) mass is 464 g/mol. The number of piperazine rings is 1. The molecular formula is C29H28N4O2. The number of hydrogen-bond acceptors (Lipinski definition) is 4. The molecule has 0 N–H and O–H groups in total. The highest BCUT2D eigenvalue weighted by Crippen LogP contribution is 2.26. The summed E-state index contributed by atoms with van der Waals surface area (Å²) in [6.07, 6.45) is 3.73. The third kappa shape index (κ3) is 5.01. The Labute approximate surface area is 205 Å². The van der Waals surface area contributed by atoms with Crippen LogP contribution < -0.4 is 4.90 Å². The van der Waals surface area contributed by atoms with Crippen molar-refractivity contribution in [2.75, 3.05) is 31.1 Å². The van der Waals surface area contributed by atoms with Crippen LogP contribution in [0, 0.1) is 0 Å². The number of nitrogens with zero attached hydrogens (tertiary/aromatic N) is 4. The molecule has 1 fully saturated rings. The second kappa shape index (κ2) is 9.97. The highest BCUT2D eigenvalue weighted by atomic mass is 16.2. The van der Waals surface area contributed by atoms with Crippen molar-refractivity contribution in [3.8, 4) is 11.1 Å². The lowest BCUT2D eigenvalue weighted by Crippen LogP contribution is -2.48. The molecule has 0 saturated carbocycles. The lowest BCUT2D eigenvalue weighted by Gasteiger charge is -2.36. The molecule has 0 bridgehead atoms. The predicted octanol–water partition coefficient (Wildman–Crippen LogP) is 4.76. The van der Waals surface area contributed by atoms with Crippen LogP contribution >= 0.6 is 0 Å². The smallest absolute Gasteiger partial charge is 0.254 e. The number of hydrogen-bond donors (Lipinski definition) is 0. The maximum Gasteiger partial charge on any atom is 0.254 e. The summed E-state index contributed by atoms with van der Waals surface area (Å²) >= 11 is 0. The van der Waals surface area contributed by atoms with Crippen LogP contribution in [-0.2, 0) is 6.54 Å². The van der Waals surface area contributed by atoms with Gasteiger partial charge in [-0.25, -0.2) is 0 Å². The number of aromatic nitrogens is 2. The molecule has 0 aliphatic carbocycles. The maximum absolute atomic E-state index is 13.5. The zero-order valence-corrected chi connectivity index (χ0v) is 19.8. The Kier molecular flexibility index (Phi) is 6.44. The molecule has 3 aromatic carbocycles. The van der Waals surface area contributed by atoms with Crippen LogP contribution in [0.1, 0.15) is 33.2 Å². The molecule has 1 amide bonds. The van der Waals surface area contributed by atoms with Crippen LogP contribution in [-0.4, -0.2) is 52.5 Å². The molecule has 0 spiro atoms. The minimum absolute atomic E-state index is 0.0628. The van der Waals surface area contributed by atoms with Gasteiger partial charge in [0.25, 0.3) is 5.91 Å². The average Bonchev–Trinajstić information content (AvgIpc) is 3.42.